The van der Waals surface area contributed by atoms with Crippen LogP contribution in [0.2, 0.25) is 0 Å². The molecule has 2 aromatic rings. The molecular weight excluding hydrogens is 412 g/mol. The zero-order chi connectivity index (χ0) is 21.8. The van der Waals surface area contributed by atoms with Crippen LogP contribution in [0.3, 0.4) is 0 Å². The number of ether oxygens (including phenoxy) is 2. The van der Waals surface area contributed by atoms with Crippen molar-refractivity contribution in [1.82, 2.24) is 4.90 Å². The third kappa shape index (κ3) is 4.33. The number of methoxy groups -OCH3 is 2. The Balaban J connectivity index is 1.76. The molecule has 1 aliphatic heterocycles. The molecule has 0 aliphatic carbocycles. The highest BCUT2D eigenvalue weighted by molar-refractivity contribution is 8.18. The fourth-order valence-electron chi connectivity index (χ4n) is 2.73. The number of carbonyl (C=O) groups excluding carboxylic acids is 3. The molecule has 0 aromatic heterocycles. The van der Waals surface area contributed by atoms with Gasteiger partial charge < -0.3 is 9.47 Å². The molecule has 2 aromatic carbocycles. The molecule has 1 aliphatic rings. The maximum atomic E-state index is 12.6. The molecule has 30 heavy (non-hydrogen) atoms. The number of carbonyl (C=O) groups is 3. The summed E-state index contributed by atoms with van der Waals surface area (Å²) >= 11 is 0.729. The first-order chi connectivity index (χ1) is 14.3. The number of nitro groups is 1. The number of imide groups is 1. The Morgan fingerprint density at radius 2 is 1.77 bits per heavy atom. The quantitative estimate of drug-likeness (QED) is 0.285. The monoisotopic (exact) mass is 428 g/mol. The zero-order valence-electron chi connectivity index (χ0n) is 16.0. The van der Waals surface area contributed by atoms with Crippen molar-refractivity contribution in [3.05, 3.63) is 68.6 Å². The Labute approximate surface area is 175 Å². The molecule has 0 N–H and O–H groups in total. The lowest BCUT2D eigenvalue weighted by Gasteiger charge is -2.11. The summed E-state index contributed by atoms with van der Waals surface area (Å²) in [5, 5.41) is 10.1. The molecule has 1 fully saturated rings. The van der Waals surface area contributed by atoms with Crippen molar-refractivity contribution in [2.24, 2.45) is 0 Å². The predicted molar refractivity (Wildman–Crippen MR) is 110 cm³/mol. The summed E-state index contributed by atoms with van der Waals surface area (Å²) in [6.07, 6.45) is 1.53. The number of thioether (sulfide) groups is 1. The smallest absolute Gasteiger partial charge is 0.293 e. The van der Waals surface area contributed by atoms with E-state index in [4.69, 9.17) is 9.47 Å². The SMILES string of the molecule is COc1ccc(/C=C2/SC(=O)N(CC(=O)c3ccc([N+](=O)[O-])cc3)C2=O)cc1OC. The number of hydrogen-bond acceptors (Lipinski definition) is 8. The maximum absolute atomic E-state index is 12.6. The van der Waals surface area contributed by atoms with E-state index in [1.807, 2.05) is 0 Å². The number of ketones is 1. The Kier molecular flexibility index (Phi) is 6.17. The molecule has 0 radical (unpaired) electrons. The van der Waals surface area contributed by atoms with Gasteiger partial charge in [-0.2, -0.15) is 0 Å². The first-order valence-corrected chi connectivity index (χ1v) is 9.40. The van der Waals surface area contributed by atoms with Crippen LogP contribution < -0.4 is 9.47 Å². The lowest BCUT2D eigenvalue weighted by Crippen LogP contribution is -2.33. The second-order valence-electron chi connectivity index (χ2n) is 6.11. The van der Waals surface area contributed by atoms with Gasteiger partial charge in [0.1, 0.15) is 0 Å². The van der Waals surface area contributed by atoms with Gasteiger partial charge >= 0.3 is 0 Å². The standard InChI is InChI=1S/C20H16N2O7S/c1-28-16-8-3-12(9-17(16)29-2)10-18-19(24)21(20(25)30-18)11-15(23)13-4-6-14(7-5-13)22(26)27/h3-10H,11H2,1-2H3/b18-10+. The summed E-state index contributed by atoms with van der Waals surface area (Å²) < 4.78 is 10.4. The fraction of sp³-hybridized carbons (Fsp3) is 0.150. The topological polar surface area (TPSA) is 116 Å². The highest BCUT2D eigenvalue weighted by Crippen LogP contribution is 2.34. The number of non-ortho nitro benzene ring substituents is 1. The second-order valence-corrected chi connectivity index (χ2v) is 7.10. The minimum absolute atomic E-state index is 0.157. The lowest BCUT2D eigenvalue weighted by molar-refractivity contribution is -0.384. The van der Waals surface area contributed by atoms with Crippen LogP contribution in [-0.4, -0.2) is 47.5 Å². The molecule has 154 valence electrons. The van der Waals surface area contributed by atoms with Gasteiger partial charge in [0.15, 0.2) is 17.3 Å². The summed E-state index contributed by atoms with van der Waals surface area (Å²) in [4.78, 5) is 48.5. The van der Waals surface area contributed by atoms with Gasteiger partial charge in [-0.1, -0.05) is 6.07 Å². The normalized spacial score (nSPS) is 14.9. The van der Waals surface area contributed by atoms with Gasteiger partial charge in [0.2, 0.25) is 0 Å². The van der Waals surface area contributed by atoms with Crippen LogP contribution in [0.15, 0.2) is 47.4 Å². The lowest BCUT2D eigenvalue weighted by atomic mass is 10.1. The number of nitro benzene ring substituents is 1. The van der Waals surface area contributed by atoms with E-state index in [1.54, 1.807) is 18.2 Å². The third-order valence-electron chi connectivity index (χ3n) is 4.28. The second kappa shape index (κ2) is 8.78. The first-order valence-electron chi connectivity index (χ1n) is 8.59. The maximum Gasteiger partial charge on any atom is 0.293 e. The van der Waals surface area contributed by atoms with Crippen LogP contribution in [0.25, 0.3) is 6.08 Å². The molecule has 0 bridgehead atoms. The average Bonchev–Trinajstić information content (AvgIpc) is 3.00. The number of benzene rings is 2. The van der Waals surface area contributed by atoms with Crippen LogP contribution in [0.1, 0.15) is 15.9 Å². The van der Waals surface area contributed by atoms with Crippen LogP contribution >= 0.6 is 11.8 Å². The number of rotatable bonds is 7. The van der Waals surface area contributed by atoms with E-state index in [2.05, 4.69) is 0 Å². The summed E-state index contributed by atoms with van der Waals surface area (Å²) in [7, 11) is 2.99. The van der Waals surface area contributed by atoms with Gasteiger partial charge in [0.25, 0.3) is 16.8 Å². The van der Waals surface area contributed by atoms with Gasteiger partial charge in [-0.25, -0.2) is 0 Å². The molecule has 0 atom stereocenters. The van der Waals surface area contributed by atoms with Crippen molar-refractivity contribution in [2.75, 3.05) is 20.8 Å². The van der Waals surface area contributed by atoms with E-state index in [0.717, 1.165) is 16.7 Å². The van der Waals surface area contributed by atoms with E-state index >= 15 is 0 Å². The highest BCUT2D eigenvalue weighted by atomic mass is 32.2. The van der Waals surface area contributed by atoms with E-state index in [-0.39, 0.29) is 16.2 Å². The van der Waals surface area contributed by atoms with Gasteiger partial charge in [-0.3, -0.25) is 29.4 Å². The van der Waals surface area contributed by atoms with E-state index in [0.29, 0.717) is 17.1 Å². The number of amides is 2. The minimum Gasteiger partial charge on any atom is -0.493 e. The summed E-state index contributed by atoms with van der Waals surface area (Å²) in [5.74, 6) is -0.0927. The number of hydrogen-bond donors (Lipinski definition) is 0. The molecule has 0 spiro atoms. The molecule has 0 saturated carbocycles. The Morgan fingerprint density at radius 3 is 2.37 bits per heavy atom. The third-order valence-corrected chi connectivity index (χ3v) is 5.19. The summed E-state index contributed by atoms with van der Waals surface area (Å²) in [6.45, 7) is -0.453. The van der Waals surface area contributed by atoms with Gasteiger partial charge in [0.05, 0.1) is 30.6 Å². The van der Waals surface area contributed by atoms with E-state index in [9.17, 15) is 24.5 Å². The molecule has 9 nitrogen and oxygen atoms in total. The predicted octanol–water partition coefficient (Wildman–Crippen LogP) is 3.53. The average molecular weight is 428 g/mol. The molecule has 3 rings (SSSR count). The van der Waals surface area contributed by atoms with Crippen molar-refractivity contribution < 1.29 is 28.8 Å². The Bertz CT molecular complexity index is 1060. The summed E-state index contributed by atoms with van der Waals surface area (Å²) in [6, 6.07) is 10.0. The molecule has 0 unspecified atom stereocenters. The molecule has 10 heteroatoms. The highest BCUT2D eigenvalue weighted by Gasteiger charge is 2.36. The van der Waals surface area contributed by atoms with Crippen molar-refractivity contribution in [3.8, 4) is 11.5 Å². The van der Waals surface area contributed by atoms with Crippen molar-refractivity contribution in [2.45, 2.75) is 0 Å². The molecule has 1 saturated heterocycles. The molecular formula is C20H16N2O7S. The fourth-order valence-corrected chi connectivity index (χ4v) is 3.57. The van der Waals surface area contributed by atoms with Crippen LogP contribution in [-0.2, 0) is 4.79 Å². The minimum atomic E-state index is -0.588. The molecule has 2 amide bonds. The first kappa shape index (κ1) is 21.1. The van der Waals surface area contributed by atoms with Crippen LogP contribution in [0.5, 0.6) is 11.5 Å². The van der Waals surface area contributed by atoms with Gasteiger partial charge in [-0.05, 0) is 47.7 Å². The summed E-state index contributed by atoms with van der Waals surface area (Å²) in [5.41, 5.74) is 0.638. The van der Waals surface area contributed by atoms with Gasteiger partial charge in [0, 0.05) is 17.7 Å². The van der Waals surface area contributed by atoms with Crippen molar-refractivity contribution in [3.63, 3.8) is 0 Å². The van der Waals surface area contributed by atoms with Gasteiger partial charge in [-0.15, -0.1) is 0 Å². The molecule has 1 heterocycles. The Hall–Kier alpha value is -3.66. The largest absolute Gasteiger partial charge is 0.493 e. The van der Waals surface area contributed by atoms with Crippen LogP contribution in [0, 0.1) is 10.1 Å². The van der Waals surface area contributed by atoms with Crippen LogP contribution in [0.4, 0.5) is 10.5 Å². The Morgan fingerprint density at radius 1 is 1.10 bits per heavy atom. The van der Waals surface area contributed by atoms with Crippen molar-refractivity contribution >= 4 is 40.5 Å². The van der Waals surface area contributed by atoms with E-state index < -0.39 is 28.4 Å². The van der Waals surface area contributed by atoms with E-state index in [1.165, 1.54) is 44.6 Å². The zero-order valence-corrected chi connectivity index (χ0v) is 16.8. The number of Topliss-reactive ketones (excluding diaryl/α,β-unsaturated/α-hetero) is 1. The van der Waals surface area contributed by atoms with Crippen molar-refractivity contribution in [1.29, 1.82) is 0 Å². The number of nitrogens with zero attached hydrogens (tertiary/aromatic N) is 2.